The van der Waals surface area contributed by atoms with Gasteiger partial charge in [-0.05, 0) is 97.9 Å². The normalized spacial score (nSPS) is 12.3. The fraction of sp³-hybridized carbons (Fsp3) is 0. The fourth-order valence-corrected chi connectivity index (χ4v) is 9.27. The zero-order valence-electron chi connectivity index (χ0n) is 29.8. The first-order chi connectivity index (χ1) is 27.8. The number of hydrogen-bond acceptors (Lipinski definition) is 4. The molecule has 13 aromatic rings. The fourth-order valence-electron chi connectivity index (χ4n) is 9.27. The topological polar surface area (TPSA) is 52.6 Å². The molecular weight excluding hydrogens is 689 g/mol. The summed E-state index contributed by atoms with van der Waals surface area (Å²) in [4.78, 5) is 0. The van der Waals surface area contributed by atoms with E-state index >= 15 is 0 Å². The van der Waals surface area contributed by atoms with Crippen molar-refractivity contribution in [3.05, 3.63) is 170 Å². The van der Waals surface area contributed by atoms with Crippen LogP contribution in [0, 0.1) is 0 Å². The van der Waals surface area contributed by atoms with Gasteiger partial charge in [0.05, 0.1) is 11.6 Å². The van der Waals surface area contributed by atoms with Crippen molar-refractivity contribution in [1.29, 1.82) is 0 Å². The number of fused-ring (bicyclic) bond motifs is 14. The van der Waals surface area contributed by atoms with Crippen molar-refractivity contribution in [1.82, 2.24) is 0 Å². The highest BCUT2D eigenvalue weighted by Crippen LogP contribution is 2.46. The van der Waals surface area contributed by atoms with Crippen LogP contribution in [0.5, 0.6) is 0 Å². The van der Waals surface area contributed by atoms with Crippen LogP contribution < -0.4 is 0 Å². The van der Waals surface area contributed by atoms with Gasteiger partial charge in [0.25, 0.3) is 0 Å². The summed E-state index contributed by atoms with van der Waals surface area (Å²) in [5.74, 6) is 0. The van der Waals surface area contributed by atoms with E-state index in [0.29, 0.717) is 0 Å². The first-order valence-corrected chi connectivity index (χ1v) is 18.9. The monoisotopic (exact) mass is 716 g/mol. The minimum atomic E-state index is 0.783. The van der Waals surface area contributed by atoms with Crippen LogP contribution in [0.15, 0.2) is 188 Å². The number of furan rings is 4. The van der Waals surface area contributed by atoms with Crippen LogP contribution in [0.3, 0.4) is 0 Å². The third-order valence-corrected chi connectivity index (χ3v) is 11.8. The highest BCUT2D eigenvalue weighted by Gasteiger charge is 2.21. The molecule has 0 saturated carbocycles. The Morgan fingerprint density at radius 2 is 0.786 bits per heavy atom. The maximum atomic E-state index is 6.72. The van der Waals surface area contributed by atoms with E-state index in [1.165, 1.54) is 32.7 Å². The van der Waals surface area contributed by atoms with E-state index in [9.17, 15) is 0 Å². The lowest BCUT2D eigenvalue weighted by atomic mass is 9.85. The molecule has 4 heteroatoms. The molecule has 0 aliphatic heterocycles. The molecule has 4 heterocycles. The molecule has 4 nitrogen and oxygen atoms in total. The summed E-state index contributed by atoms with van der Waals surface area (Å²) >= 11 is 0. The number of benzene rings is 9. The molecule has 13 rings (SSSR count). The Morgan fingerprint density at radius 1 is 0.268 bits per heavy atom. The van der Waals surface area contributed by atoms with Crippen LogP contribution >= 0.6 is 0 Å². The third-order valence-electron chi connectivity index (χ3n) is 11.8. The van der Waals surface area contributed by atoms with E-state index in [0.717, 1.165) is 99.0 Å². The van der Waals surface area contributed by atoms with Gasteiger partial charge in [-0.3, -0.25) is 0 Å². The average Bonchev–Trinajstić information content (AvgIpc) is 4.05. The molecule has 0 atom stereocenters. The lowest BCUT2D eigenvalue weighted by Gasteiger charge is -2.18. The van der Waals surface area contributed by atoms with Gasteiger partial charge in [0.2, 0.25) is 0 Å². The molecule has 0 radical (unpaired) electrons. The van der Waals surface area contributed by atoms with Crippen molar-refractivity contribution < 1.29 is 17.7 Å². The molecule has 4 aromatic heterocycles. The first kappa shape index (κ1) is 29.8. The zero-order valence-corrected chi connectivity index (χ0v) is 29.8. The maximum Gasteiger partial charge on any atom is 0.178 e. The lowest BCUT2D eigenvalue weighted by molar-refractivity contribution is 0.615. The van der Waals surface area contributed by atoms with Crippen molar-refractivity contribution in [3.63, 3.8) is 0 Å². The van der Waals surface area contributed by atoms with Crippen LogP contribution in [-0.2, 0) is 0 Å². The van der Waals surface area contributed by atoms with E-state index < -0.39 is 0 Å². The molecule has 0 aliphatic rings. The summed E-state index contributed by atoms with van der Waals surface area (Å²) < 4.78 is 25.2. The Balaban J connectivity index is 0.976. The maximum absolute atomic E-state index is 6.72. The van der Waals surface area contributed by atoms with E-state index in [1.54, 1.807) is 6.26 Å². The minimum absolute atomic E-state index is 0.783. The van der Waals surface area contributed by atoms with E-state index in [1.807, 2.05) is 30.3 Å². The second-order valence-electron chi connectivity index (χ2n) is 14.7. The molecule has 0 saturated heterocycles. The van der Waals surface area contributed by atoms with Crippen molar-refractivity contribution in [2.45, 2.75) is 0 Å². The second kappa shape index (κ2) is 11.0. The van der Waals surface area contributed by atoms with E-state index in [4.69, 9.17) is 17.7 Å². The molecule has 0 unspecified atom stereocenters. The van der Waals surface area contributed by atoms with Crippen LogP contribution in [0.1, 0.15) is 0 Å². The summed E-state index contributed by atoms with van der Waals surface area (Å²) in [7, 11) is 0. The second-order valence-corrected chi connectivity index (χ2v) is 14.7. The zero-order chi connectivity index (χ0) is 36.5. The van der Waals surface area contributed by atoms with Gasteiger partial charge in [0.15, 0.2) is 11.2 Å². The van der Waals surface area contributed by atoms with Crippen molar-refractivity contribution in [3.8, 4) is 33.4 Å². The summed E-state index contributed by atoms with van der Waals surface area (Å²) in [6.07, 6.45) is 1.72. The highest BCUT2D eigenvalue weighted by atomic mass is 16.4. The Morgan fingerprint density at radius 3 is 1.55 bits per heavy atom. The molecule has 0 N–H and O–H groups in total. The number of para-hydroxylation sites is 2. The van der Waals surface area contributed by atoms with Gasteiger partial charge >= 0.3 is 0 Å². The standard InChI is InChI=1S/C52H28O4/c1-3-11-36-34(9-1)47(35-10-2-4-12-37(35)48(36)31-20-24-46-43(28-31)41-23-25-44-42(26-27-53-44)50(41)54-46)30-18-16-29(17-19-30)32-13-7-14-38-40-22-21-39-33-8-5-6-15-45(33)55-51(39)52(40)56-49(32)38/h1-28H. The molecule has 260 valence electrons. The van der Waals surface area contributed by atoms with Gasteiger partial charge in [-0.2, -0.15) is 0 Å². The summed E-state index contributed by atoms with van der Waals surface area (Å²) in [6, 6.07) is 58.1. The summed E-state index contributed by atoms with van der Waals surface area (Å²) in [6.45, 7) is 0. The molecule has 56 heavy (non-hydrogen) atoms. The quantitative estimate of drug-likeness (QED) is 0.171. The highest BCUT2D eigenvalue weighted by molar-refractivity contribution is 6.23. The molecular formula is C52H28O4. The molecule has 0 spiro atoms. The molecule has 0 bridgehead atoms. The largest absolute Gasteiger partial charge is 0.464 e. The van der Waals surface area contributed by atoms with Crippen LogP contribution in [0.2, 0.25) is 0 Å². The van der Waals surface area contributed by atoms with Crippen molar-refractivity contribution >= 4 is 98.3 Å². The molecule has 0 aliphatic carbocycles. The van der Waals surface area contributed by atoms with Gasteiger partial charge in [0.1, 0.15) is 27.9 Å². The van der Waals surface area contributed by atoms with Crippen LogP contribution in [-0.4, -0.2) is 0 Å². The van der Waals surface area contributed by atoms with E-state index in [-0.39, 0.29) is 0 Å². The average molecular weight is 717 g/mol. The Bertz CT molecular complexity index is 3700. The van der Waals surface area contributed by atoms with Gasteiger partial charge in [-0.25, -0.2) is 0 Å². The SMILES string of the molecule is c1ccc2c(c1)oc1c2ccc2c3cccc(-c4ccc(-c5c6ccccc6c(-c6ccc7oc8c9ccoc9ccc8c7c6)c6ccccc56)cc4)c3oc21. The van der Waals surface area contributed by atoms with Crippen LogP contribution in [0.4, 0.5) is 0 Å². The lowest BCUT2D eigenvalue weighted by Crippen LogP contribution is -1.91. The third kappa shape index (κ3) is 4.02. The Labute approximate surface area is 318 Å². The molecule has 9 aromatic carbocycles. The molecule has 0 amide bonds. The first-order valence-electron chi connectivity index (χ1n) is 18.9. The minimum Gasteiger partial charge on any atom is -0.464 e. The van der Waals surface area contributed by atoms with Gasteiger partial charge in [-0.15, -0.1) is 0 Å². The predicted octanol–water partition coefficient (Wildman–Crippen LogP) is 15.4. The van der Waals surface area contributed by atoms with Crippen LogP contribution in [0.25, 0.3) is 132 Å². The Kier molecular flexibility index (Phi) is 5.86. The van der Waals surface area contributed by atoms with E-state index in [2.05, 4.69) is 133 Å². The number of rotatable bonds is 3. The smallest absolute Gasteiger partial charge is 0.178 e. The number of hydrogen-bond donors (Lipinski definition) is 0. The predicted molar refractivity (Wildman–Crippen MR) is 229 cm³/mol. The Hall–Kier alpha value is -7.56. The van der Waals surface area contributed by atoms with Gasteiger partial charge < -0.3 is 17.7 Å². The van der Waals surface area contributed by atoms with Gasteiger partial charge in [0, 0.05) is 37.9 Å². The van der Waals surface area contributed by atoms with Gasteiger partial charge in [-0.1, -0.05) is 115 Å². The van der Waals surface area contributed by atoms with Crippen molar-refractivity contribution in [2.75, 3.05) is 0 Å². The summed E-state index contributed by atoms with van der Waals surface area (Å²) in [5.41, 5.74) is 12.7. The summed E-state index contributed by atoms with van der Waals surface area (Å²) in [5, 5.41) is 12.3. The molecule has 0 fully saturated rings. The van der Waals surface area contributed by atoms with Crippen molar-refractivity contribution in [2.24, 2.45) is 0 Å².